The minimum absolute atomic E-state index is 0.0104. The number of aromatic nitrogens is 2. The summed E-state index contributed by atoms with van der Waals surface area (Å²) in [6, 6.07) is 14.3. The van der Waals surface area contributed by atoms with Crippen LogP contribution in [0, 0.1) is 17.1 Å². The molecular weight excluding hydrogens is 337 g/mol. The maximum Gasteiger partial charge on any atom is 0.363 e. The molecule has 7 heteroatoms. The Kier molecular flexibility index (Phi) is 4.85. The Morgan fingerprint density at radius 3 is 2.73 bits per heavy atom. The Morgan fingerprint density at radius 1 is 1.23 bits per heavy atom. The zero-order valence-electron chi connectivity index (χ0n) is 13.4. The van der Waals surface area contributed by atoms with Gasteiger partial charge in [-0.2, -0.15) is 10.4 Å². The molecule has 0 fully saturated rings. The molecule has 2 aromatic carbocycles. The van der Waals surface area contributed by atoms with Crippen molar-refractivity contribution in [3.05, 3.63) is 87.6 Å². The molecule has 0 saturated carbocycles. The van der Waals surface area contributed by atoms with Gasteiger partial charge < -0.3 is 4.74 Å². The molecule has 0 atom stereocenters. The Bertz CT molecular complexity index is 1060. The summed E-state index contributed by atoms with van der Waals surface area (Å²) in [5.74, 6) is -1.56. The SMILES string of the molecule is N#Cc1cc(F)cc(-c2c[nH]nc(C(=O)OCc3ccccc3)c2=O)c1. The van der Waals surface area contributed by atoms with Crippen LogP contribution >= 0.6 is 0 Å². The number of carbonyl (C=O) groups is 1. The Morgan fingerprint density at radius 2 is 2.00 bits per heavy atom. The molecule has 1 N–H and O–H groups in total. The van der Waals surface area contributed by atoms with Gasteiger partial charge in [-0.3, -0.25) is 9.89 Å². The molecular formula is C19H12FN3O3. The monoisotopic (exact) mass is 349 g/mol. The van der Waals surface area contributed by atoms with Crippen molar-refractivity contribution in [1.29, 1.82) is 5.26 Å². The summed E-state index contributed by atoms with van der Waals surface area (Å²) in [6.07, 6.45) is 1.24. The summed E-state index contributed by atoms with van der Waals surface area (Å²) < 4.78 is 18.7. The first-order chi connectivity index (χ1) is 12.6. The van der Waals surface area contributed by atoms with Gasteiger partial charge in [-0.1, -0.05) is 30.3 Å². The van der Waals surface area contributed by atoms with Gasteiger partial charge in [0.2, 0.25) is 11.1 Å². The summed E-state index contributed by atoms with van der Waals surface area (Å²) in [7, 11) is 0. The molecule has 0 aliphatic rings. The number of ether oxygens (including phenoxy) is 1. The normalized spacial score (nSPS) is 10.2. The molecule has 1 heterocycles. The van der Waals surface area contributed by atoms with E-state index in [4.69, 9.17) is 10.00 Å². The second kappa shape index (κ2) is 7.40. The van der Waals surface area contributed by atoms with Crippen LogP contribution in [0.15, 0.2) is 59.5 Å². The highest BCUT2D eigenvalue weighted by Gasteiger charge is 2.18. The number of carbonyl (C=O) groups excluding carboxylic acids is 1. The third kappa shape index (κ3) is 3.65. The number of hydrogen-bond acceptors (Lipinski definition) is 5. The van der Waals surface area contributed by atoms with Crippen LogP contribution in [0.2, 0.25) is 0 Å². The van der Waals surface area contributed by atoms with Gasteiger partial charge in [-0.15, -0.1) is 0 Å². The highest BCUT2D eigenvalue weighted by molar-refractivity contribution is 5.88. The van der Waals surface area contributed by atoms with Crippen LogP contribution in [0.5, 0.6) is 0 Å². The lowest BCUT2D eigenvalue weighted by molar-refractivity contribution is 0.0462. The zero-order chi connectivity index (χ0) is 18.5. The van der Waals surface area contributed by atoms with E-state index in [2.05, 4.69) is 10.2 Å². The number of halogens is 1. The van der Waals surface area contributed by atoms with Gasteiger partial charge >= 0.3 is 5.97 Å². The third-order valence-corrected chi connectivity index (χ3v) is 3.59. The maximum atomic E-state index is 13.6. The summed E-state index contributed by atoms with van der Waals surface area (Å²) in [4.78, 5) is 24.7. The second-order valence-corrected chi connectivity index (χ2v) is 5.38. The average molecular weight is 349 g/mol. The average Bonchev–Trinajstić information content (AvgIpc) is 2.66. The van der Waals surface area contributed by atoms with E-state index in [0.717, 1.165) is 17.7 Å². The molecule has 0 aliphatic carbocycles. The van der Waals surface area contributed by atoms with Gasteiger partial charge in [0.15, 0.2) is 0 Å². The van der Waals surface area contributed by atoms with E-state index in [9.17, 15) is 14.0 Å². The topological polar surface area (TPSA) is 95.8 Å². The third-order valence-electron chi connectivity index (χ3n) is 3.59. The van der Waals surface area contributed by atoms with E-state index in [0.29, 0.717) is 0 Å². The van der Waals surface area contributed by atoms with Crippen LogP contribution in [0.4, 0.5) is 4.39 Å². The van der Waals surface area contributed by atoms with E-state index < -0.39 is 22.9 Å². The number of rotatable bonds is 4. The van der Waals surface area contributed by atoms with Gasteiger partial charge in [0.25, 0.3) is 0 Å². The fourth-order valence-corrected chi connectivity index (χ4v) is 2.36. The highest BCUT2D eigenvalue weighted by atomic mass is 19.1. The first-order valence-electron chi connectivity index (χ1n) is 7.58. The van der Waals surface area contributed by atoms with Crippen molar-refractivity contribution >= 4 is 5.97 Å². The Labute approximate surface area is 147 Å². The van der Waals surface area contributed by atoms with Crippen LogP contribution in [-0.2, 0) is 11.3 Å². The van der Waals surface area contributed by atoms with Gasteiger partial charge in [0.05, 0.1) is 11.6 Å². The minimum Gasteiger partial charge on any atom is -0.456 e. The van der Waals surface area contributed by atoms with Crippen LogP contribution < -0.4 is 5.43 Å². The van der Waals surface area contributed by atoms with E-state index in [1.807, 2.05) is 12.1 Å². The maximum absolute atomic E-state index is 13.6. The van der Waals surface area contributed by atoms with Crippen molar-refractivity contribution in [2.45, 2.75) is 6.61 Å². The number of hydrogen-bond donors (Lipinski definition) is 1. The van der Waals surface area contributed by atoms with Crippen LogP contribution in [-0.4, -0.2) is 16.2 Å². The molecule has 26 heavy (non-hydrogen) atoms. The number of H-pyrrole nitrogens is 1. The molecule has 0 unspecified atom stereocenters. The molecule has 1 aromatic heterocycles. The quantitative estimate of drug-likeness (QED) is 0.731. The summed E-state index contributed by atoms with van der Waals surface area (Å²) in [5, 5.41) is 15.1. The molecule has 0 bridgehead atoms. The molecule has 0 aliphatic heterocycles. The minimum atomic E-state index is -0.895. The lowest BCUT2D eigenvalue weighted by atomic mass is 10.0. The number of nitriles is 1. The number of benzene rings is 2. The molecule has 128 valence electrons. The molecule has 0 saturated heterocycles. The molecule has 3 rings (SSSR count). The van der Waals surface area contributed by atoms with Crippen LogP contribution in [0.25, 0.3) is 11.1 Å². The van der Waals surface area contributed by atoms with Crippen molar-refractivity contribution in [1.82, 2.24) is 10.2 Å². The van der Waals surface area contributed by atoms with E-state index in [1.165, 1.54) is 12.3 Å². The van der Waals surface area contributed by atoms with Crippen molar-refractivity contribution in [2.75, 3.05) is 0 Å². The van der Waals surface area contributed by atoms with Gasteiger partial charge in [-0.05, 0) is 29.3 Å². The fraction of sp³-hybridized carbons (Fsp3) is 0.0526. The van der Waals surface area contributed by atoms with Crippen molar-refractivity contribution in [3.8, 4) is 17.2 Å². The summed E-state index contributed by atoms with van der Waals surface area (Å²) in [5.41, 5.74) is -0.149. The van der Waals surface area contributed by atoms with Crippen molar-refractivity contribution < 1.29 is 13.9 Å². The largest absolute Gasteiger partial charge is 0.456 e. The number of nitrogens with one attached hydrogen (secondary N) is 1. The first-order valence-corrected chi connectivity index (χ1v) is 7.58. The molecule has 3 aromatic rings. The molecule has 0 spiro atoms. The van der Waals surface area contributed by atoms with Crippen LogP contribution in [0.3, 0.4) is 0 Å². The number of nitrogens with zero attached hydrogens (tertiary/aromatic N) is 2. The van der Waals surface area contributed by atoms with Crippen molar-refractivity contribution in [3.63, 3.8) is 0 Å². The first kappa shape index (κ1) is 17.0. The fourth-order valence-electron chi connectivity index (χ4n) is 2.36. The summed E-state index contributed by atoms with van der Waals surface area (Å²) >= 11 is 0. The Hall–Kier alpha value is -3.79. The molecule has 6 nitrogen and oxygen atoms in total. The zero-order valence-corrected chi connectivity index (χ0v) is 13.4. The van der Waals surface area contributed by atoms with E-state index in [1.54, 1.807) is 24.3 Å². The van der Waals surface area contributed by atoms with E-state index in [-0.39, 0.29) is 23.3 Å². The van der Waals surface area contributed by atoms with Gasteiger partial charge in [0, 0.05) is 11.8 Å². The Balaban J connectivity index is 1.90. The van der Waals surface area contributed by atoms with Crippen LogP contribution in [0.1, 0.15) is 21.6 Å². The smallest absolute Gasteiger partial charge is 0.363 e. The van der Waals surface area contributed by atoms with Gasteiger partial charge in [0.1, 0.15) is 12.4 Å². The highest BCUT2D eigenvalue weighted by Crippen LogP contribution is 2.18. The second-order valence-electron chi connectivity index (χ2n) is 5.38. The molecule has 0 amide bonds. The predicted octanol–water partition coefficient (Wildman–Crippen LogP) is 2.80. The van der Waals surface area contributed by atoms with Gasteiger partial charge in [-0.25, -0.2) is 9.18 Å². The number of esters is 1. The van der Waals surface area contributed by atoms with Crippen molar-refractivity contribution in [2.24, 2.45) is 0 Å². The van der Waals surface area contributed by atoms with E-state index >= 15 is 0 Å². The lowest BCUT2D eigenvalue weighted by Gasteiger charge is -2.06. The summed E-state index contributed by atoms with van der Waals surface area (Å²) in [6.45, 7) is -0.0104. The molecule has 0 radical (unpaired) electrons. The lowest BCUT2D eigenvalue weighted by Crippen LogP contribution is -2.22. The number of aromatic amines is 1. The standard InChI is InChI=1S/C19H12FN3O3/c20-15-7-13(9-21)6-14(8-15)16-10-22-23-17(18(16)24)19(25)26-11-12-4-2-1-3-5-12/h1-8,10H,11H2,(H,22,24). The predicted molar refractivity (Wildman–Crippen MR) is 90.5 cm³/mol.